The van der Waals surface area contributed by atoms with Crippen molar-refractivity contribution in [2.24, 2.45) is 0 Å². The molecule has 1 aromatic heterocycles. The summed E-state index contributed by atoms with van der Waals surface area (Å²) in [6.07, 6.45) is 10.4. The van der Waals surface area contributed by atoms with E-state index < -0.39 is 0 Å². The maximum absolute atomic E-state index is 12.7. The van der Waals surface area contributed by atoms with Crippen LogP contribution in [0.15, 0.2) is 48.7 Å². The predicted molar refractivity (Wildman–Crippen MR) is 115 cm³/mol. The van der Waals surface area contributed by atoms with Gasteiger partial charge in [-0.05, 0) is 66.2 Å². The van der Waals surface area contributed by atoms with Crippen molar-refractivity contribution in [1.29, 1.82) is 0 Å². The van der Waals surface area contributed by atoms with Crippen LogP contribution in [0, 0.1) is 6.92 Å². The first-order valence-electron chi connectivity index (χ1n) is 10.1. The Morgan fingerprint density at radius 3 is 2.93 bits per heavy atom. The number of amides is 2. The van der Waals surface area contributed by atoms with Gasteiger partial charge in [-0.15, -0.1) is 0 Å². The molecule has 0 spiro atoms. The largest absolute Gasteiger partial charge is 0.335 e. The molecule has 2 aromatic rings. The van der Waals surface area contributed by atoms with Gasteiger partial charge >= 0.3 is 0 Å². The van der Waals surface area contributed by atoms with Crippen molar-refractivity contribution in [1.82, 2.24) is 9.88 Å². The molecule has 5 nitrogen and oxygen atoms in total. The number of allylic oxidation sites excluding steroid dienone is 1. The van der Waals surface area contributed by atoms with E-state index in [2.05, 4.69) is 47.6 Å². The summed E-state index contributed by atoms with van der Waals surface area (Å²) in [5.41, 5.74) is 5.77. The van der Waals surface area contributed by atoms with Crippen LogP contribution in [0.3, 0.4) is 0 Å². The summed E-state index contributed by atoms with van der Waals surface area (Å²) in [7, 11) is 0. The Balaban J connectivity index is 1.43. The van der Waals surface area contributed by atoms with E-state index in [4.69, 9.17) is 0 Å². The first kappa shape index (κ1) is 19.1. The number of fused-ring (bicyclic) bond motifs is 1. The number of aryl methyl sites for hydroxylation is 2. The fourth-order valence-electron chi connectivity index (χ4n) is 3.89. The summed E-state index contributed by atoms with van der Waals surface area (Å²) < 4.78 is 0. The number of pyridine rings is 1. The van der Waals surface area contributed by atoms with Crippen LogP contribution in [0.25, 0.3) is 11.6 Å². The van der Waals surface area contributed by atoms with E-state index in [9.17, 15) is 9.59 Å². The molecule has 0 atom stereocenters. The second-order valence-electron chi connectivity index (χ2n) is 7.59. The minimum Gasteiger partial charge on any atom is -0.335 e. The van der Waals surface area contributed by atoms with Crippen LogP contribution >= 0.6 is 0 Å². The lowest BCUT2D eigenvalue weighted by atomic mass is 9.97. The first-order chi connectivity index (χ1) is 14.1. The van der Waals surface area contributed by atoms with Gasteiger partial charge in [0.2, 0.25) is 11.8 Å². The number of aromatic nitrogens is 1. The van der Waals surface area contributed by atoms with Gasteiger partial charge in [-0.25, -0.2) is 4.98 Å². The van der Waals surface area contributed by atoms with Crippen molar-refractivity contribution in [3.63, 3.8) is 0 Å². The molecule has 2 aliphatic heterocycles. The zero-order valence-electron chi connectivity index (χ0n) is 16.6. The molecule has 29 heavy (non-hydrogen) atoms. The standard InChI is InChI=1S/C24H25N3O2/c1-17-5-2-3-7-21(17)19-6-4-13-27(14-12-19)23(29)11-8-18-15-20-9-10-22(28)26-24(20)25-16-18/h2-3,5,7-8,11-12,15-16H,4,6,9-10,13-14H2,1H3,(H,25,26,28). The summed E-state index contributed by atoms with van der Waals surface area (Å²) >= 11 is 0. The molecule has 0 fully saturated rings. The van der Waals surface area contributed by atoms with Crippen LogP contribution in [0.1, 0.15) is 41.5 Å². The highest BCUT2D eigenvalue weighted by atomic mass is 16.2. The third-order valence-corrected chi connectivity index (χ3v) is 5.52. The van der Waals surface area contributed by atoms with Crippen LogP contribution in [0.2, 0.25) is 0 Å². The number of carbonyl (C=O) groups is 2. The zero-order chi connectivity index (χ0) is 20.2. The van der Waals surface area contributed by atoms with E-state index in [-0.39, 0.29) is 11.8 Å². The van der Waals surface area contributed by atoms with Crippen LogP contribution in [-0.2, 0) is 16.0 Å². The van der Waals surface area contributed by atoms with Gasteiger partial charge in [0.1, 0.15) is 5.82 Å². The molecule has 2 amide bonds. The number of nitrogens with one attached hydrogen (secondary N) is 1. The van der Waals surface area contributed by atoms with E-state index >= 15 is 0 Å². The Hall–Kier alpha value is -3.21. The number of rotatable bonds is 3. The smallest absolute Gasteiger partial charge is 0.246 e. The van der Waals surface area contributed by atoms with Crippen molar-refractivity contribution in [2.75, 3.05) is 18.4 Å². The SMILES string of the molecule is Cc1ccccc1C1=CCN(C(=O)C=Cc2cnc3c(c2)CCC(=O)N3)CCC1. The number of nitrogens with zero attached hydrogens (tertiary/aromatic N) is 2. The lowest BCUT2D eigenvalue weighted by molar-refractivity contribution is -0.125. The molecule has 0 bridgehead atoms. The van der Waals surface area contributed by atoms with Gasteiger partial charge in [-0.1, -0.05) is 30.3 Å². The Bertz CT molecular complexity index is 1010. The second kappa shape index (κ2) is 8.43. The molecule has 5 heteroatoms. The lowest BCUT2D eigenvalue weighted by Gasteiger charge is -2.17. The van der Waals surface area contributed by atoms with Crippen molar-refractivity contribution < 1.29 is 9.59 Å². The summed E-state index contributed by atoms with van der Waals surface area (Å²) in [6, 6.07) is 10.4. The van der Waals surface area contributed by atoms with Crippen LogP contribution in [0.4, 0.5) is 5.82 Å². The minimum absolute atomic E-state index is 0.00255. The molecule has 0 saturated carbocycles. The zero-order valence-corrected chi connectivity index (χ0v) is 16.6. The predicted octanol–water partition coefficient (Wildman–Crippen LogP) is 3.99. The Morgan fingerprint density at radius 1 is 1.21 bits per heavy atom. The fourth-order valence-corrected chi connectivity index (χ4v) is 3.89. The number of carbonyl (C=O) groups excluding carboxylic acids is 2. The summed E-state index contributed by atoms with van der Waals surface area (Å²) in [5, 5.41) is 2.78. The van der Waals surface area contributed by atoms with Gasteiger partial charge in [0.05, 0.1) is 0 Å². The monoisotopic (exact) mass is 387 g/mol. The highest BCUT2D eigenvalue weighted by molar-refractivity contribution is 5.94. The van der Waals surface area contributed by atoms with Gasteiger partial charge in [0.25, 0.3) is 0 Å². The highest BCUT2D eigenvalue weighted by Crippen LogP contribution is 2.25. The molecule has 2 aliphatic rings. The summed E-state index contributed by atoms with van der Waals surface area (Å²) in [4.78, 5) is 30.3. The third kappa shape index (κ3) is 4.45. The number of hydrogen-bond donors (Lipinski definition) is 1. The first-order valence-corrected chi connectivity index (χ1v) is 10.1. The molecule has 4 rings (SSSR count). The van der Waals surface area contributed by atoms with Gasteiger partial charge < -0.3 is 10.2 Å². The molecule has 1 N–H and O–H groups in total. The normalized spacial score (nSPS) is 16.8. The van der Waals surface area contributed by atoms with Gasteiger partial charge in [0, 0.05) is 31.8 Å². The van der Waals surface area contributed by atoms with Crippen LogP contribution in [0.5, 0.6) is 0 Å². The molecular formula is C24H25N3O2. The lowest BCUT2D eigenvalue weighted by Crippen LogP contribution is -2.29. The maximum Gasteiger partial charge on any atom is 0.246 e. The third-order valence-electron chi connectivity index (χ3n) is 5.52. The fraction of sp³-hybridized carbons (Fsp3) is 0.292. The average molecular weight is 387 g/mol. The number of anilines is 1. The Morgan fingerprint density at radius 2 is 2.07 bits per heavy atom. The van der Waals surface area contributed by atoms with E-state index in [0.29, 0.717) is 25.2 Å². The Labute approximate surface area is 171 Å². The molecule has 0 radical (unpaired) electrons. The second-order valence-corrected chi connectivity index (χ2v) is 7.59. The van der Waals surface area contributed by atoms with E-state index in [1.54, 1.807) is 12.3 Å². The molecule has 1 aromatic carbocycles. The average Bonchev–Trinajstić information content (AvgIpc) is 2.98. The molecule has 3 heterocycles. The van der Waals surface area contributed by atoms with Crippen molar-refractivity contribution in [3.8, 4) is 0 Å². The number of benzene rings is 1. The van der Waals surface area contributed by atoms with Gasteiger partial charge in [-0.2, -0.15) is 0 Å². The van der Waals surface area contributed by atoms with Crippen LogP contribution in [-0.4, -0.2) is 34.8 Å². The van der Waals surface area contributed by atoms with Crippen LogP contribution < -0.4 is 5.32 Å². The molecule has 0 unspecified atom stereocenters. The van der Waals surface area contributed by atoms with Gasteiger partial charge in [-0.3, -0.25) is 9.59 Å². The summed E-state index contributed by atoms with van der Waals surface area (Å²) in [5.74, 6) is 0.646. The molecular weight excluding hydrogens is 362 g/mol. The molecule has 0 aliphatic carbocycles. The van der Waals surface area contributed by atoms with E-state index in [1.807, 2.05) is 17.0 Å². The molecule has 148 valence electrons. The van der Waals surface area contributed by atoms with Crippen molar-refractivity contribution in [3.05, 3.63) is 70.9 Å². The van der Waals surface area contributed by atoms with Crippen molar-refractivity contribution >= 4 is 29.3 Å². The van der Waals surface area contributed by atoms with E-state index in [1.165, 1.54) is 16.7 Å². The summed E-state index contributed by atoms with van der Waals surface area (Å²) in [6.45, 7) is 3.51. The Kier molecular flexibility index (Phi) is 5.56. The molecule has 0 saturated heterocycles. The van der Waals surface area contributed by atoms with Gasteiger partial charge in [0.15, 0.2) is 0 Å². The van der Waals surface area contributed by atoms with Crippen molar-refractivity contribution in [2.45, 2.75) is 32.6 Å². The highest BCUT2D eigenvalue weighted by Gasteiger charge is 2.17. The minimum atomic E-state index is 0.00255. The number of hydrogen-bond acceptors (Lipinski definition) is 3. The topological polar surface area (TPSA) is 62.3 Å². The maximum atomic E-state index is 12.7. The van der Waals surface area contributed by atoms with E-state index in [0.717, 1.165) is 30.5 Å². The quantitative estimate of drug-likeness (QED) is 0.810.